The predicted octanol–water partition coefficient (Wildman–Crippen LogP) is 13.5. The molecule has 0 aliphatic heterocycles. The van der Waals surface area contributed by atoms with Crippen molar-refractivity contribution in [3.8, 4) is 55.6 Å². The van der Waals surface area contributed by atoms with Crippen LogP contribution in [0.2, 0.25) is 0 Å². The molecule has 0 aliphatic rings. The third-order valence-electron chi connectivity index (χ3n) is 9.69. The fourth-order valence-corrected chi connectivity index (χ4v) is 7.36. The Hall–Kier alpha value is -6.24. The van der Waals surface area contributed by atoms with Crippen LogP contribution in [0.15, 0.2) is 194 Å². The molecule has 0 aliphatic carbocycles. The molecule has 0 nitrogen and oxygen atoms in total. The van der Waals surface area contributed by atoms with E-state index in [0.717, 1.165) is 0 Å². The van der Waals surface area contributed by atoms with Crippen molar-refractivity contribution >= 4 is 32.3 Å². The summed E-state index contributed by atoms with van der Waals surface area (Å²) in [5, 5.41) is 7.56. The van der Waals surface area contributed by atoms with E-state index < -0.39 is 0 Å². The van der Waals surface area contributed by atoms with Gasteiger partial charge in [-0.3, -0.25) is 0 Å². The predicted molar refractivity (Wildman–Crippen MR) is 206 cm³/mol. The van der Waals surface area contributed by atoms with Gasteiger partial charge in [0, 0.05) is 0 Å². The monoisotopic (exact) mass is 608 g/mol. The maximum atomic E-state index is 2.42. The first-order chi connectivity index (χ1) is 23.8. The molecule has 48 heavy (non-hydrogen) atoms. The second kappa shape index (κ2) is 11.8. The van der Waals surface area contributed by atoms with E-state index in [1.54, 1.807) is 0 Å². The summed E-state index contributed by atoms with van der Waals surface area (Å²) in [6.45, 7) is 0. The quantitative estimate of drug-likeness (QED) is 0.171. The van der Waals surface area contributed by atoms with Gasteiger partial charge in [-0.1, -0.05) is 188 Å². The Balaban J connectivity index is 1.31. The molecule has 0 spiro atoms. The van der Waals surface area contributed by atoms with Gasteiger partial charge in [0.1, 0.15) is 0 Å². The van der Waals surface area contributed by atoms with Crippen LogP contribution in [0.25, 0.3) is 88.0 Å². The first-order valence-corrected chi connectivity index (χ1v) is 16.6. The first kappa shape index (κ1) is 28.0. The van der Waals surface area contributed by atoms with Crippen molar-refractivity contribution in [3.05, 3.63) is 194 Å². The van der Waals surface area contributed by atoms with E-state index in [0.29, 0.717) is 0 Å². The van der Waals surface area contributed by atoms with E-state index in [9.17, 15) is 0 Å². The minimum Gasteiger partial charge on any atom is -0.0622 e. The van der Waals surface area contributed by atoms with Crippen LogP contribution >= 0.6 is 0 Å². The smallest absolute Gasteiger partial charge is 0.00261 e. The molecule has 0 unspecified atom stereocenters. The minimum atomic E-state index is 1.22. The van der Waals surface area contributed by atoms with Crippen molar-refractivity contribution in [2.75, 3.05) is 0 Å². The fraction of sp³-hybridized carbons (Fsp3) is 0. The Bertz CT molecular complexity index is 2550. The minimum absolute atomic E-state index is 1.22. The summed E-state index contributed by atoms with van der Waals surface area (Å²) in [7, 11) is 0. The summed E-state index contributed by atoms with van der Waals surface area (Å²) in [4.78, 5) is 0. The standard InChI is InChI=1S/C48H32/c1-3-12-33(13-4-1)35-22-26-38(27-23-35)47-43-19-9-10-20-44(43)48(39-28-24-36(25-29-39)34-14-5-2-6-15-34)46-32-40(30-31-45(46)47)42-21-11-17-37-16-7-8-18-41(37)42/h1-32H. The highest BCUT2D eigenvalue weighted by Crippen LogP contribution is 2.45. The van der Waals surface area contributed by atoms with E-state index in [1.165, 1.54) is 88.0 Å². The summed E-state index contributed by atoms with van der Waals surface area (Å²) >= 11 is 0. The molecular formula is C48H32. The van der Waals surface area contributed by atoms with Gasteiger partial charge in [0.25, 0.3) is 0 Å². The highest BCUT2D eigenvalue weighted by molar-refractivity contribution is 6.22. The molecule has 224 valence electrons. The summed E-state index contributed by atoms with van der Waals surface area (Å²) in [6, 6.07) is 70.7. The number of rotatable bonds is 5. The topological polar surface area (TPSA) is 0 Å². The zero-order valence-electron chi connectivity index (χ0n) is 26.5. The van der Waals surface area contributed by atoms with E-state index in [2.05, 4.69) is 194 Å². The van der Waals surface area contributed by atoms with Crippen LogP contribution in [0.3, 0.4) is 0 Å². The lowest BCUT2D eigenvalue weighted by Crippen LogP contribution is -1.92. The molecule has 0 saturated heterocycles. The van der Waals surface area contributed by atoms with Crippen LogP contribution in [0.1, 0.15) is 0 Å². The van der Waals surface area contributed by atoms with Crippen LogP contribution in [0, 0.1) is 0 Å². The highest BCUT2D eigenvalue weighted by Gasteiger charge is 2.18. The molecule has 0 bridgehead atoms. The van der Waals surface area contributed by atoms with Crippen LogP contribution in [0.5, 0.6) is 0 Å². The Kier molecular flexibility index (Phi) is 6.91. The van der Waals surface area contributed by atoms with Gasteiger partial charge in [-0.25, -0.2) is 0 Å². The van der Waals surface area contributed by atoms with E-state index in [4.69, 9.17) is 0 Å². The van der Waals surface area contributed by atoms with Crippen molar-refractivity contribution < 1.29 is 0 Å². The van der Waals surface area contributed by atoms with E-state index in [-0.39, 0.29) is 0 Å². The average molecular weight is 609 g/mol. The lowest BCUT2D eigenvalue weighted by molar-refractivity contribution is 1.60. The second-order valence-corrected chi connectivity index (χ2v) is 12.5. The molecule has 0 aromatic heterocycles. The molecule has 0 radical (unpaired) electrons. The summed E-state index contributed by atoms with van der Waals surface area (Å²) in [5.41, 5.74) is 12.4. The molecule has 0 heteroatoms. The van der Waals surface area contributed by atoms with Crippen molar-refractivity contribution in [2.24, 2.45) is 0 Å². The third kappa shape index (κ3) is 4.87. The first-order valence-electron chi connectivity index (χ1n) is 16.6. The lowest BCUT2D eigenvalue weighted by Gasteiger charge is -2.19. The molecule has 0 saturated carbocycles. The van der Waals surface area contributed by atoms with Crippen molar-refractivity contribution in [2.45, 2.75) is 0 Å². The van der Waals surface area contributed by atoms with Gasteiger partial charge in [-0.2, -0.15) is 0 Å². The molecule has 0 amide bonds. The zero-order valence-corrected chi connectivity index (χ0v) is 26.5. The van der Waals surface area contributed by atoms with Crippen LogP contribution in [-0.2, 0) is 0 Å². The van der Waals surface area contributed by atoms with Crippen molar-refractivity contribution in [1.82, 2.24) is 0 Å². The maximum Gasteiger partial charge on any atom is -0.00261 e. The van der Waals surface area contributed by atoms with Crippen LogP contribution < -0.4 is 0 Å². The molecule has 0 fully saturated rings. The van der Waals surface area contributed by atoms with Gasteiger partial charge in [-0.15, -0.1) is 0 Å². The van der Waals surface area contributed by atoms with Crippen LogP contribution in [0.4, 0.5) is 0 Å². The van der Waals surface area contributed by atoms with Crippen LogP contribution in [-0.4, -0.2) is 0 Å². The summed E-state index contributed by atoms with van der Waals surface area (Å²) in [6.07, 6.45) is 0. The molecule has 0 atom stereocenters. The second-order valence-electron chi connectivity index (χ2n) is 12.5. The van der Waals surface area contributed by atoms with Gasteiger partial charge in [0.2, 0.25) is 0 Å². The zero-order chi connectivity index (χ0) is 31.9. The average Bonchev–Trinajstić information content (AvgIpc) is 3.17. The molecule has 9 aromatic rings. The van der Waals surface area contributed by atoms with Crippen molar-refractivity contribution in [3.63, 3.8) is 0 Å². The van der Waals surface area contributed by atoms with Gasteiger partial charge in [0.15, 0.2) is 0 Å². The molecular weight excluding hydrogens is 577 g/mol. The number of fused-ring (bicyclic) bond motifs is 3. The number of hydrogen-bond acceptors (Lipinski definition) is 0. The number of hydrogen-bond donors (Lipinski definition) is 0. The largest absolute Gasteiger partial charge is 0.0622 e. The molecule has 0 heterocycles. The SMILES string of the molecule is c1ccc(-c2ccc(-c3c4ccccc4c(-c4ccc(-c5ccccc5)cc4)c4cc(-c5cccc6ccccc56)ccc34)cc2)cc1. The van der Waals surface area contributed by atoms with Gasteiger partial charge in [0.05, 0.1) is 0 Å². The maximum absolute atomic E-state index is 2.42. The summed E-state index contributed by atoms with van der Waals surface area (Å²) in [5.74, 6) is 0. The lowest BCUT2D eigenvalue weighted by atomic mass is 9.84. The van der Waals surface area contributed by atoms with Gasteiger partial charge >= 0.3 is 0 Å². The van der Waals surface area contributed by atoms with E-state index >= 15 is 0 Å². The Morgan fingerprint density at radius 3 is 1.19 bits per heavy atom. The molecule has 9 aromatic carbocycles. The molecule has 9 rings (SSSR count). The fourth-order valence-electron chi connectivity index (χ4n) is 7.36. The van der Waals surface area contributed by atoms with Gasteiger partial charge < -0.3 is 0 Å². The van der Waals surface area contributed by atoms with Gasteiger partial charge in [-0.05, 0) is 94.0 Å². The Morgan fingerprint density at radius 1 is 0.208 bits per heavy atom. The third-order valence-corrected chi connectivity index (χ3v) is 9.69. The Labute approximate surface area is 281 Å². The van der Waals surface area contributed by atoms with E-state index in [1.807, 2.05) is 0 Å². The highest BCUT2D eigenvalue weighted by atomic mass is 14.2. The number of benzene rings is 9. The Morgan fingerprint density at radius 2 is 0.604 bits per heavy atom. The normalized spacial score (nSPS) is 11.3. The summed E-state index contributed by atoms with van der Waals surface area (Å²) < 4.78 is 0. The van der Waals surface area contributed by atoms with Crippen molar-refractivity contribution in [1.29, 1.82) is 0 Å². The molecule has 0 N–H and O–H groups in total.